The average molecular weight is 304 g/mol. The molecule has 1 aromatic carbocycles. The summed E-state index contributed by atoms with van der Waals surface area (Å²) in [6.07, 6.45) is 2.76. The highest BCUT2D eigenvalue weighted by Gasteiger charge is 2.19. The normalized spacial score (nSPS) is 16.6. The first-order valence-corrected chi connectivity index (χ1v) is 8.73. The van der Waals surface area contributed by atoms with Crippen molar-refractivity contribution in [2.75, 3.05) is 18.0 Å². The zero-order valence-corrected chi connectivity index (χ0v) is 14.9. The van der Waals surface area contributed by atoms with Gasteiger partial charge in [0.15, 0.2) is 0 Å². The number of hydrogen-bond donors (Lipinski definition) is 1. The van der Waals surface area contributed by atoms with E-state index in [4.69, 9.17) is 4.74 Å². The van der Waals surface area contributed by atoms with Crippen LogP contribution in [0.15, 0.2) is 18.2 Å². The van der Waals surface area contributed by atoms with Gasteiger partial charge in [-0.2, -0.15) is 0 Å². The van der Waals surface area contributed by atoms with Crippen molar-refractivity contribution in [1.29, 1.82) is 0 Å². The quantitative estimate of drug-likeness (QED) is 0.852. The predicted molar refractivity (Wildman–Crippen MR) is 94.8 cm³/mol. The molecule has 1 fully saturated rings. The second kappa shape index (κ2) is 7.87. The molecule has 3 nitrogen and oxygen atoms in total. The molecule has 0 spiro atoms. The van der Waals surface area contributed by atoms with Gasteiger partial charge in [-0.25, -0.2) is 0 Å². The van der Waals surface area contributed by atoms with E-state index in [1.165, 1.54) is 24.1 Å². The minimum atomic E-state index is 0.204. The topological polar surface area (TPSA) is 24.5 Å². The van der Waals surface area contributed by atoms with Crippen LogP contribution in [0.4, 0.5) is 5.69 Å². The third-order valence-corrected chi connectivity index (χ3v) is 4.23. The van der Waals surface area contributed by atoms with Crippen molar-refractivity contribution in [2.45, 2.75) is 66.2 Å². The summed E-state index contributed by atoms with van der Waals surface area (Å²) in [4.78, 5) is 2.48. The smallest absolute Gasteiger partial charge is 0.143 e. The average Bonchev–Trinajstić information content (AvgIpc) is 2.46. The van der Waals surface area contributed by atoms with Gasteiger partial charge in [0.1, 0.15) is 5.75 Å². The van der Waals surface area contributed by atoms with Crippen molar-refractivity contribution >= 4 is 5.69 Å². The Hall–Kier alpha value is -1.22. The molecule has 2 rings (SSSR count). The van der Waals surface area contributed by atoms with Crippen molar-refractivity contribution in [2.24, 2.45) is 5.92 Å². The van der Waals surface area contributed by atoms with E-state index in [2.05, 4.69) is 63.0 Å². The Labute approximate surface area is 136 Å². The minimum Gasteiger partial charge on any atom is -0.489 e. The fraction of sp³-hybridized carbons (Fsp3) is 0.684. The maximum Gasteiger partial charge on any atom is 0.143 e. The van der Waals surface area contributed by atoms with Crippen LogP contribution in [-0.4, -0.2) is 25.2 Å². The van der Waals surface area contributed by atoms with Crippen LogP contribution in [0.25, 0.3) is 0 Å². The van der Waals surface area contributed by atoms with E-state index in [0.717, 1.165) is 31.3 Å². The molecule has 0 atom stereocenters. The van der Waals surface area contributed by atoms with Crippen LogP contribution in [0.5, 0.6) is 5.75 Å². The summed E-state index contributed by atoms with van der Waals surface area (Å²) in [7, 11) is 0. The molecule has 22 heavy (non-hydrogen) atoms. The Kier molecular flexibility index (Phi) is 6.13. The molecule has 0 aromatic heterocycles. The van der Waals surface area contributed by atoms with Crippen LogP contribution in [0.1, 0.15) is 53.0 Å². The maximum absolute atomic E-state index is 6.10. The highest BCUT2D eigenvalue weighted by Crippen LogP contribution is 2.33. The lowest BCUT2D eigenvalue weighted by molar-refractivity contribution is 0.242. The molecule has 0 unspecified atom stereocenters. The number of piperidine rings is 1. The van der Waals surface area contributed by atoms with E-state index in [-0.39, 0.29) is 6.10 Å². The third-order valence-electron chi connectivity index (χ3n) is 4.23. The molecule has 1 saturated heterocycles. The van der Waals surface area contributed by atoms with Gasteiger partial charge in [0, 0.05) is 25.7 Å². The van der Waals surface area contributed by atoms with Gasteiger partial charge in [-0.3, -0.25) is 0 Å². The molecule has 0 saturated carbocycles. The van der Waals surface area contributed by atoms with Crippen LogP contribution in [0, 0.1) is 5.92 Å². The lowest BCUT2D eigenvalue weighted by Gasteiger charge is -2.33. The summed E-state index contributed by atoms with van der Waals surface area (Å²) in [5.41, 5.74) is 2.55. The van der Waals surface area contributed by atoms with Gasteiger partial charge in [-0.15, -0.1) is 0 Å². The van der Waals surface area contributed by atoms with Crippen molar-refractivity contribution in [1.82, 2.24) is 5.32 Å². The number of nitrogens with one attached hydrogen (secondary N) is 1. The van der Waals surface area contributed by atoms with Crippen LogP contribution >= 0.6 is 0 Å². The molecule has 1 heterocycles. The fourth-order valence-electron chi connectivity index (χ4n) is 2.85. The standard InChI is InChI=1S/C19H32N2O/c1-14(2)20-13-17-6-7-18(19(12-17)22-15(3)4)21-10-8-16(5)9-11-21/h6-7,12,14-16,20H,8-11,13H2,1-5H3. The van der Waals surface area contributed by atoms with E-state index in [1.54, 1.807) is 0 Å². The number of rotatable bonds is 6. The van der Waals surface area contributed by atoms with Crippen LogP contribution in [-0.2, 0) is 6.54 Å². The molecule has 1 N–H and O–H groups in total. The Morgan fingerprint density at radius 3 is 2.45 bits per heavy atom. The Morgan fingerprint density at radius 1 is 1.18 bits per heavy atom. The predicted octanol–water partition coefficient (Wildman–Crippen LogP) is 4.21. The molecule has 1 aliphatic heterocycles. The summed E-state index contributed by atoms with van der Waals surface area (Å²) in [6.45, 7) is 14.1. The monoisotopic (exact) mass is 304 g/mol. The van der Waals surface area contributed by atoms with E-state index >= 15 is 0 Å². The van der Waals surface area contributed by atoms with Gasteiger partial charge in [0.05, 0.1) is 11.8 Å². The highest BCUT2D eigenvalue weighted by molar-refractivity contribution is 5.60. The third kappa shape index (κ3) is 4.91. The molecule has 124 valence electrons. The first kappa shape index (κ1) is 17.1. The lowest BCUT2D eigenvalue weighted by Crippen LogP contribution is -2.33. The first-order chi connectivity index (χ1) is 10.5. The van der Waals surface area contributed by atoms with Gasteiger partial charge in [-0.1, -0.05) is 26.8 Å². The molecular formula is C19H32N2O. The van der Waals surface area contributed by atoms with E-state index in [0.29, 0.717) is 6.04 Å². The molecule has 0 radical (unpaired) electrons. The molecule has 0 amide bonds. The second-order valence-corrected chi connectivity index (χ2v) is 7.17. The Bertz CT molecular complexity index is 463. The van der Waals surface area contributed by atoms with Gasteiger partial charge < -0.3 is 15.0 Å². The molecule has 0 aliphatic carbocycles. The minimum absolute atomic E-state index is 0.204. The maximum atomic E-state index is 6.10. The largest absolute Gasteiger partial charge is 0.489 e. The summed E-state index contributed by atoms with van der Waals surface area (Å²) < 4.78 is 6.10. The van der Waals surface area contributed by atoms with Crippen molar-refractivity contribution in [3.05, 3.63) is 23.8 Å². The number of nitrogens with zero attached hydrogens (tertiary/aromatic N) is 1. The van der Waals surface area contributed by atoms with E-state index in [1.807, 2.05) is 0 Å². The van der Waals surface area contributed by atoms with Crippen molar-refractivity contribution in [3.63, 3.8) is 0 Å². The van der Waals surface area contributed by atoms with Crippen molar-refractivity contribution in [3.8, 4) is 5.75 Å². The zero-order valence-electron chi connectivity index (χ0n) is 14.9. The van der Waals surface area contributed by atoms with Gasteiger partial charge in [-0.05, 0) is 50.3 Å². The molecule has 0 bridgehead atoms. The van der Waals surface area contributed by atoms with Crippen LogP contribution in [0.3, 0.4) is 0 Å². The molecular weight excluding hydrogens is 272 g/mol. The van der Waals surface area contributed by atoms with E-state index in [9.17, 15) is 0 Å². The highest BCUT2D eigenvalue weighted by atomic mass is 16.5. The summed E-state index contributed by atoms with van der Waals surface area (Å²) in [5, 5.41) is 3.48. The molecule has 1 aromatic rings. The summed E-state index contributed by atoms with van der Waals surface area (Å²) in [6, 6.07) is 7.18. The molecule has 1 aliphatic rings. The summed E-state index contributed by atoms with van der Waals surface area (Å²) in [5.74, 6) is 1.88. The van der Waals surface area contributed by atoms with Crippen molar-refractivity contribution < 1.29 is 4.74 Å². The summed E-state index contributed by atoms with van der Waals surface area (Å²) >= 11 is 0. The second-order valence-electron chi connectivity index (χ2n) is 7.17. The van der Waals surface area contributed by atoms with Crippen LogP contribution < -0.4 is 15.0 Å². The van der Waals surface area contributed by atoms with Gasteiger partial charge in [0.25, 0.3) is 0 Å². The van der Waals surface area contributed by atoms with Crippen LogP contribution in [0.2, 0.25) is 0 Å². The Balaban J connectivity index is 2.16. The SMILES string of the molecule is CC1CCN(c2ccc(CNC(C)C)cc2OC(C)C)CC1. The number of hydrogen-bond acceptors (Lipinski definition) is 3. The fourth-order valence-corrected chi connectivity index (χ4v) is 2.85. The van der Waals surface area contributed by atoms with Gasteiger partial charge in [0.2, 0.25) is 0 Å². The van der Waals surface area contributed by atoms with Gasteiger partial charge >= 0.3 is 0 Å². The number of benzene rings is 1. The number of ether oxygens (including phenoxy) is 1. The first-order valence-electron chi connectivity index (χ1n) is 8.73. The molecule has 3 heteroatoms. The number of anilines is 1. The van der Waals surface area contributed by atoms with E-state index < -0.39 is 0 Å². The zero-order chi connectivity index (χ0) is 16.1. The lowest BCUT2D eigenvalue weighted by atomic mass is 9.98. The Morgan fingerprint density at radius 2 is 1.86 bits per heavy atom.